The number of anilines is 1. The predicted octanol–water partition coefficient (Wildman–Crippen LogP) is 5.92. The van der Waals surface area contributed by atoms with E-state index in [2.05, 4.69) is 21.4 Å². The Bertz CT molecular complexity index is 1840. The first-order chi connectivity index (χ1) is 21.3. The van der Waals surface area contributed by atoms with Crippen molar-refractivity contribution in [1.29, 1.82) is 0 Å². The van der Waals surface area contributed by atoms with E-state index in [4.69, 9.17) is 26.3 Å². The van der Waals surface area contributed by atoms with E-state index in [0.717, 1.165) is 44.2 Å². The van der Waals surface area contributed by atoms with Crippen molar-refractivity contribution in [2.24, 2.45) is 0 Å². The molecule has 0 spiro atoms. The Hall–Kier alpha value is -3.89. The normalized spacial score (nSPS) is 22.3. The Morgan fingerprint density at radius 3 is 2.70 bits per heavy atom. The maximum absolute atomic E-state index is 16.1. The molecule has 11 heteroatoms. The third-order valence-corrected chi connectivity index (χ3v) is 10.4. The number of hydrogen-bond acceptors (Lipinski definition) is 7. The minimum atomic E-state index is -0.961. The van der Waals surface area contributed by atoms with Crippen LogP contribution in [0.4, 0.5) is 14.6 Å². The van der Waals surface area contributed by atoms with Gasteiger partial charge < -0.3 is 14.5 Å². The molecular weight excluding hydrogens is 586 g/mol. The van der Waals surface area contributed by atoms with Crippen LogP contribution in [-0.4, -0.2) is 81.1 Å². The van der Waals surface area contributed by atoms with E-state index in [9.17, 15) is 9.18 Å². The third kappa shape index (κ3) is 4.25. The first-order valence-corrected chi connectivity index (χ1v) is 15.5. The predicted molar refractivity (Wildman–Crippen MR) is 165 cm³/mol. The molecule has 0 saturated carbocycles. The zero-order valence-corrected chi connectivity index (χ0v) is 24.9. The van der Waals surface area contributed by atoms with Crippen molar-refractivity contribution in [2.75, 3.05) is 37.7 Å². The Balaban J connectivity index is 1.21. The van der Waals surface area contributed by atoms with Crippen LogP contribution in [0.1, 0.15) is 32.1 Å². The van der Waals surface area contributed by atoms with Crippen molar-refractivity contribution in [3.63, 3.8) is 0 Å². The summed E-state index contributed by atoms with van der Waals surface area (Å²) in [7, 11) is 0. The summed E-state index contributed by atoms with van der Waals surface area (Å²) < 4.78 is 36.2. The van der Waals surface area contributed by atoms with Crippen molar-refractivity contribution in [1.82, 2.24) is 24.8 Å². The average molecular weight is 617 g/mol. The van der Waals surface area contributed by atoms with E-state index >= 15 is 4.39 Å². The molecule has 0 unspecified atom stereocenters. The summed E-state index contributed by atoms with van der Waals surface area (Å²) in [6.45, 7) is 6.70. The number of hydrogen-bond donors (Lipinski definition) is 0. The van der Waals surface area contributed by atoms with Crippen molar-refractivity contribution in [3.05, 3.63) is 66.0 Å². The number of aromatic nitrogens is 3. The molecular formula is C33H31ClF2N6O2. The standard InChI is InChI=1S/C33H31ClF2N6O2/c1-19(35)31(43)41-12-7-27-28(41)17-42(27)30-22-13-25(36)21(23-16-37-15-20-5-2-6-24(34)29(20)23)14-26(22)38-32(39-30)44-18-33-8-3-10-40(33)11-4-9-33/h2,5-6,13-16,27-28H,1,3-4,7-12,17-18H2/t27-,28-/m1/s1. The molecule has 1 amide bonds. The molecule has 8 nitrogen and oxygen atoms in total. The molecule has 4 aliphatic rings. The van der Waals surface area contributed by atoms with E-state index in [1.807, 2.05) is 12.1 Å². The summed E-state index contributed by atoms with van der Waals surface area (Å²) in [6, 6.07) is 8.68. The second kappa shape index (κ2) is 10.3. The first-order valence-electron chi connectivity index (χ1n) is 15.2. The lowest BCUT2D eigenvalue weighted by atomic mass is 9.95. The van der Waals surface area contributed by atoms with Gasteiger partial charge in [-0.15, -0.1) is 0 Å². The molecule has 226 valence electrons. The summed E-state index contributed by atoms with van der Waals surface area (Å²) in [5, 5.41) is 2.57. The molecule has 2 aromatic carbocycles. The van der Waals surface area contributed by atoms with Crippen molar-refractivity contribution in [2.45, 2.75) is 49.7 Å². The van der Waals surface area contributed by atoms with Gasteiger partial charge in [0, 0.05) is 57.8 Å². The Morgan fingerprint density at radius 1 is 1.09 bits per heavy atom. The van der Waals surface area contributed by atoms with Crippen LogP contribution in [-0.2, 0) is 4.79 Å². The lowest BCUT2D eigenvalue weighted by Crippen LogP contribution is -2.63. The molecule has 2 aromatic heterocycles. The molecule has 0 aliphatic carbocycles. The van der Waals surface area contributed by atoms with E-state index in [0.29, 0.717) is 64.4 Å². The summed E-state index contributed by atoms with van der Waals surface area (Å²) in [5.41, 5.74) is 1.43. The smallest absolute Gasteiger partial charge is 0.319 e. The maximum atomic E-state index is 16.1. The van der Waals surface area contributed by atoms with E-state index in [1.165, 1.54) is 11.0 Å². The van der Waals surface area contributed by atoms with Crippen LogP contribution >= 0.6 is 11.6 Å². The topological polar surface area (TPSA) is 74.7 Å². The van der Waals surface area contributed by atoms with Crippen molar-refractivity contribution < 1.29 is 18.3 Å². The van der Waals surface area contributed by atoms with Gasteiger partial charge in [0.25, 0.3) is 5.91 Å². The number of benzene rings is 2. The zero-order chi connectivity index (χ0) is 30.2. The number of carbonyl (C=O) groups is 1. The maximum Gasteiger partial charge on any atom is 0.319 e. The first kappa shape index (κ1) is 27.6. The van der Waals surface area contributed by atoms with Gasteiger partial charge >= 0.3 is 6.01 Å². The van der Waals surface area contributed by atoms with Crippen LogP contribution < -0.4 is 9.64 Å². The second-order valence-corrected chi connectivity index (χ2v) is 12.8. The SMILES string of the molecule is C=C(F)C(=O)N1CC[C@@H]2[C@H]1CN2c1nc(OCC23CCCN2CCC3)nc2cc(-c3cncc4cccc(Cl)c34)c(F)cc12. The van der Waals surface area contributed by atoms with Crippen LogP contribution in [0.2, 0.25) is 5.02 Å². The van der Waals surface area contributed by atoms with Crippen molar-refractivity contribution in [3.8, 4) is 17.1 Å². The largest absolute Gasteiger partial charge is 0.461 e. The van der Waals surface area contributed by atoms with Crippen LogP contribution in [0.3, 0.4) is 0 Å². The zero-order valence-electron chi connectivity index (χ0n) is 24.1. The lowest BCUT2D eigenvalue weighted by Gasteiger charge is -2.47. The number of rotatable bonds is 6. The number of likely N-dealkylation sites (tertiary alicyclic amines) is 1. The Labute approximate surface area is 258 Å². The fourth-order valence-electron chi connectivity index (χ4n) is 7.93. The summed E-state index contributed by atoms with van der Waals surface area (Å²) >= 11 is 6.59. The highest BCUT2D eigenvalue weighted by Gasteiger charge is 2.50. The van der Waals surface area contributed by atoms with Gasteiger partial charge in [0.1, 0.15) is 18.2 Å². The van der Waals surface area contributed by atoms with Crippen molar-refractivity contribution >= 4 is 45.0 Å². The molecule has 0 radical (unpaired) electrons. The molecule has 44 heavy (non-hydrogen) atoms. The van der Waals surface area contributed by atoms with Crippen LogP contribution in [0, 0.1) is 5.82 Å². The Morgan fingerprint density at radius 2 is 1.91 bits per heavy atom. The van der Waals surface area contributed by atoms with Gasteiger partial charge in [-0.2, -0.15) is 9.97 Å². The number of pyridine rings is 1. The van der Waals surface area contributed by atoms with Gasteiger partial charge in [-0.1, -0.05) is 30.3 Å². The minimum Gasteiger partial charge on any atom is -0.461 e. The van der Waals surface area contributed by atoms with Gasteiger partial charge in [0.2, 0.25) is 0 Å². The molecule has 0 bridgehead atoms. The monoisotopic (exact) mass is 616 g/mol. The van der Waals surface area contributed by atoms with Gasteiger partial charge in [-0.25, -0.2) is 8.78 Å². The molecule has 4 fully saturated rings. The molecule has 0 N–H and O–H groups in total. The van der Waals surface area contributed by atoms with E-state index in [1.54, 1.807) is 24.5 Å². The number of ether oxygens (including phenoxy) is 1. The third-order valence-electron chi connectivity index (χ3n) is 10.1. The van der Waals surface area contributed by atoms with Crippen LogP contribution in [0.25, 0.3) is 32.8 Å². The average Bonchev–Trinajstić information content (AvgIpc) is 3.68. The highest BCUT2D eigenvalue weighted by molar-refractivity contribution is 6.36. The number of amides is 1. The molecule has 6 heterocycles. The summed E-state index contributed by atoms with van der Waals surface area (Å²) in [5.74, 6) is -1.54. The summed E-state index contributed by atoms with van der Waals surface area (Å²) in [6.07, 6.45) is 8.43. The van der Waals surface area contributed by atoms with Crippen LogP contribution in [0.5, 0.6) is 6.01 Å². The number of nitrogens with zero attached hydrogens (tertiary/aromatic N) is 6. The fraction of sp³-hybridized carbons (Fsp3) is 0.394. The highest BCUT2D eigenvalue weighted by Crippen LogP contribution is 2.43. The van der Waals surface area contributed by atoms with Crippen LogP contribution in [0.15, 0.2) is 55.1 Å². The second-order valence-electron chi connectivity index (χ2n) is 12.4. The van der Waals surface area contributed by atoms with Gasteiger partial charge in [0.05, 0.1) is 23.1 Å². The Kier molecular flexibility index (Phi) is 6.50. The molecule has 8 rings (SSSR count). The number of carbonyl (C=O) groups excluding carboxylic acids is 1. The highest BCUT2D eigenvalue weighted by atomic mass is 35.5. The van der Waals surface area contributed by atoms with Gasteiger partial charge in [-0.05, 0) is 63.4 Å². The van der Waals surface area contributed by atoms with Gasteiger partial charge in [-0.3, -0.25) is 14.7 Å². The molecule has 4 saturated heterocycles. The summed E-state index contributed by atoms with van der Waals surface area (Å²) in [4.78, 5) is 32.5. The lowest BCUT2D eigenvalue weighted by molar-refractivity contribution is -0.130. The molecule has 2 atom stereocenters. The molecule has 4 aliphatic heterocycles. The quantitative estimate of drug-likeness (QED) is 0.249. The minimum absolute atomic E-state index is 0.000731. The number of fused-ring (bicyclic) bond motifs is 4. The fourth-order valence-corrected chi connectivity index (χ4v) is 8.21. The van der Waals surface area contributed by atoms with Gasteiger partial charge in [0.15, 0.2) is 5.83 Å². The number of halogens is 3. The van der Waals surface area contributed by atoms with E-state index in [-0.39, 0.29) is 23.6 Å². The molecule has 4 aromatic rings. The van der Waals surface area contributed by atoms with E-state index < -0.39 is 17.6 Å².